The number of aromatic nitrogens is 2. The fourth-order valence-corrected chi connectivity index (χ4v) is 3.37. The summed E-state index contributed by atoms with van der Waals surface area (Å²) in [6.07, 6.45) is 1.57. The van der Waals surface area contributed by atoms with Gasteiger partial charge < -0.3 is 10.4 Å². The summed E-state index contributed by atoms with van der Waals surface area (Å²) in [6, 6.07) is 9.72. The zero-order valence-corrected chi connectivity index (χ0v) is 12.8. The van der Waals surface area contributed by atoms with Crippen LogP contribution in [0.1, 0.15) is 22.0 Å². The molecule has 3 aromatic rings. The molecule has 0 aliphatic carbocycles. The predicted molar refractivity (Wildman–Crippen MR) is 86.8 cm³/mol. The molecule has 0 unspecified atom stereocenters. The summed E-state index contributed by atoms with van der Waals surface area (Å²) < 4.78 is 0. The Balaban J connectivity index is 2.01. The quantitative estimate of drug-likeness (QED) is 0.774. The molecule has 2 heterocycles. The molecule has 0 spiro atoms. The van der Waals surface area contributed by atoms with Gasteiger partial charge >= 0.3 is 0 Å². The van der Waals surface area contributed by atoms with Gasteiger partial charge in [-0.2, -0.15) is 0 Å². The van der Waals surface area contributed by atoms with Crippen molar-refractivity contribution < 1.29 is 5.11 Å². The topological polar surface area (TPSA) is 58.0 Å². The first-order valence-electron chi connectivity index (χ1n) is 6.83. The van der Waals surface area contributed by atoms with Gasteiger partial charge in [-0.15, -0.1) is 11.3 Å². The second-order valence-electron chi connectivity index (χ2n) is 4.98. The van der Waals surface area contributed by atoms with Gasteiger partial charge in [-0.25, -0.2) is 9.97 Å². The van der Waals surface area contributed by atoms with Crippen LogP contribution in [0.25, 0.3) is 10.2 Å². The van der Waals surface area contributed by atoms with E-state index in [0.717, 1.165) is 21.6 Å². The molecular formula is C16H17N3OS. The minimum Gasteiger partial charge on any atom is -0.394 e. The van der Waals surface area contributed by atoms with E-state index in [1.807, 2.05) is 30.3 Å². The molecule has 4 nitrogen and oxygen atoms in total. The Bertz CT molecular complexity index is 755. The highest BCUT2D eigenvalue weighted by molar-refractivity contribution is 7.18. The van der Waals surface area contributed by atoms with Crippen molar-refractivity contribution in [3.05, 3.63) is 52.7 Å². The number of nitrogens with one attached hydrogen (secondary N) is 1. The van der Waals surface area contributed by atoms with E-state index in [1.165, 1.54) is 10.4 Å². The van der Waals surface area contributed by atoms with Crippen LogP contribution in [-0.4, -0.2) is 21.7 Å². The van der Waals surface area contributed by atoms with Gasteiger partial charge in [0, 0.05) is 4.88 Å². The fourth-order valence-electron chi connectivity index (χ4n) is 2.38. The minimum atomic E-state index is -0.177. The predicted octanol–water partition coefficient (Wildman–Crippen LogP) is 3.45. The Morgan fingerprint density at radius 1 is 1.19 bits per heavy atom. The van der Waals surface area contributed by atoms with Gasteiger partial charge in [-0.1, -0.05) is 30.3 Å². The first-order valence-corrected chi connectivity index (χ1v) is 7.65. The molecule has 0 amide bonds. The Morgan fingerprint density at radius 2 is 1.95 bits per heavy atom. The molecule has 0 aliphatic heterocycles. The van der Waals surface area contributed by atoms with E-state index in [4.69, 9.17) is 0 Å². The first kappa shape index (κ1) is 14.0. The first-order chi connectivity index (χ1) is 10.2. The summed E-state index contributed by atoms with van der Waals surface area (Å²) in [5.41, 5.74) is 2.24. The molecule has 0 bridgehead atoms. The minimum absolute atomic E-state index is 0.0116. The highest BCUT2D eigenvalue weighted by Gasteiger charge is 2.16. The number of aliphatic hydroxyl groups is 1. The molecule has 1 atom stereocenters. The summed E-state index contributed by atoms with van der Waals surface area (Å²) in [6.45, 7) is 4.18. The van der Waals surface area contributed by atoms with Crippen LogP contribution in [0.3, 0.4) is 0 Å². The van der Waals surface area contributed by atoms with Crippen molar-refractivity contribution in [3.8, 4) is 0 Å². The molecule has 1 aromatic carbocycles. The lowest BCUT2D eigenvalue weighted by molar-refractivity contribution is 0.276. The third-order valence-corrected chi connectivity index (χ3v) is 4.78. The second-order valence-corrected chi connectivity index (χ2v) is 6.18. The maximum absolute atomic E-state index is 9.68. The van der Waals surface area contributed by atoms with Gasteiger partial charge in [0.15, 0.2) is 0 Å². The van der Waals surface area contributed by atoms with Crippen LogP contribution in [0.2, 0.25) is 0 Å². The Kier molecular flexibility index (Phi) is 3.86. The van der Waals surface area contributed by atoms with Gasteiger partial charge in [0.05, 0.1) is 18.0 Å². The molecule has 0 saturated heterocycles. The van der Waals surface area contributed by atoms with E-state index < -0.39 is 0 Å². The average molecular weight is 299 g/mol. The number of aliphatic hydroxyl groups excluding tert-OH is 1. The molecule has 5 heteroatoms. The Labute approximate surface area is 127 Å². The molecule has 3 rings (SSSR count). The van der Waals surface area contributed by atoms with Crippen LogP contribution >= 0.6 is 11.3 Å². The Hall–Kier alpha value is -1.98. The highest BCUT2D eigenvalue weighted by atomic mass is 32.1. The number of hydrogen-bond donors (Lipinski definition) is 2. The van der Waals surface area contributed by atoms with Crippen molar-refractivity contribution in [2.45, 2.75) is 19.9 Å². The van der Waals surface area contributed by atoms with Crippen LogP contribution in [-0.2, 0) is 0 Å². The van der Waals surface area contributed by atoms with Crippen LogP contribution in [0, 0.1) is 13.8 Å². The van der Waals surface area contributed by atoms with Gasteiger partial charge in [0.25, 0.3) is 0 Å². The van der Waals surface area contributed by atoms with E-state index >= 15 is 0 Å². The van der Waals surface area contributed by atoms with E-state index in [-0.39, 0.29) is 12.6 Å². The normalized spacial score (nSPS) is 12.5. The van der Waals surface area contributed by atoms with Crippen molar-refractivity contribution in [1.29, 1.82) is 0 Å². The number of rotatable bonds is 4. The number of benzene rings is 1. The summed E-state index contributed by atoms with van der Waals surface area (Å²) >= 11 is 1.67. The van der Waals surface area contributed by atoms with Crippen molar-refractivity contribution in [2.75, 3.05) is 11.9 Å². The molecule has 21 heavy (non-hydrogen) atoms. The fraction of sp³-hybridized carbons (Fsp3) is 0.250. The lowest BCUT2D eigenvalue weighted by atomic mass is 10.1. The molecule has 0 saturated carbocycles. The number of hydrogen-bond acceptors (Lipinski definition) is 5. The van der Waals surface area contributed by atoms with E-state index in [9.17, 15) is 5.11 Å². The van der Waals surface area contributed by atoms with Crippen LogP contribution in [0.5, 0.6) is 0 Å². The third-order valence-electron chi connectivity index (χ3n) is 3.66. The lowest BCUT2D eigenvalue weighted by Gasteiger charge is -2.18. The number of thiophene rings is 1. The molecule has 2 aromatic heterocycles. The maximum atomic E-state index is 9.68. The number of anilines is 1. The van der Waals surface area contributed by atoms with Crippen molar-refractivity contribution in [1.82, 2.24) is 9.97 Å². The summed E-state index contributed by atoms with van der Waals surface area (Å²) in [4.78, 5) is 10.9. The number of nitrogens with zero attached hydrogens (tertiary/aromatic N) is 2. The van der Waals surface area contributed by atoms with E-state index in [0.29, 0.717) is 0 Å². The maximum Gasteiger partial charge on any atom is 0.139 e. The summed E-state index contributed by atoms with van der Waals surface area (Å²) in [5.74, 6) is 0.782. The van der Waals surface area contributed by atoms with Crippen LogP contribution in [0.4, 0.5) is 5.82 Å². The molecule has 2 N–H and O–H groups in total. The van der Waals surface area contributed by atoms with Crippen molar-refractivity contribution >= 4 is 27.4 Å². The zero-order chi connectivity index (χ0) is 14.8. The van der Waals surface area contributed by atoms with Crippen LogP contribution in [0.15, 0.2) is 36.7 Å². The number of aryl methyl sites for hydroxylation is 2. The van der Waals surface area contributed by atoms with E-state index in [1.54, 1.807) is 17.7 Å². The highest BCUT2D eigenvalue weighted by Crippen LogP contribution is 2.33. The molecular weight excluding hydrogens is 282 g/mol. The largest absolute Gasteiger partial charge is 0.394 e. The standard InChI is InChI=1S/C16H17N3OS/c1-10-11(2)21-16-14(10)15(17-9-18-16)19-13(8-20)12-6-4-3-5-7-12/h3-7,9,13,20H,8H2,1-2H3,(H,17,18,19)/t13-/m1/s1. The average Bonchev–Trinajstić information content (AvgIpc) is 2.81. The summed E-state index contributed by atoms with van der Waals surface area (Å²) in [5, 5.41) is 14.1. The smallest absolute Gasteiger partial charge is 0.139 e. The van der Waals surface area contributed by atoms with Crippen molar-refractivity contribution in [2.24, 2.45) is 0 Å². The summed E-state index contributed by atoms with van der Waals surface area (Å²) in [7, 11) is 0. The molecule has 0 fully saturated rings. The molecule has 0 aliphatic rings. The van der Waals surface area contributed by atoms with Gasteiger partial charge in [-0.05, 0) is 25.0 Å². The lowest BCUT2D eigenvalue weighted by Crippen LogP contribution is -2.15. The second kappa shape index (κ2) is 5.79. The Morgan fingerprint density at radius 3 is 2.67 bits per heavy atom. The third kappa shape index (κ3) is 2.62. The van der Waals surface area contributed by atoms with Gasteiger partial charge in [0.2, 0.25) is 0 Å². The SMILES string of the molecule is Cc1sc2ncnc(N[C@H](CO)c3ccccc3)c2c1C. The monoisotopic (exact) mass is 299 g/mol. The number of fused-ring (bicyclic) bond motifs is 1. The zero-order valence-electron chi connectivity index (χ0n) is 12.0. The molecule has 108 valence electrons. The van der Waals surface area contributed by atoms with Crippen molar-refractivity contribution in [3.63, 3.8) is 0 Å². The van der Waals surface area contributed by atoms with Gasteiger partial charge in [0.1, 0.15) is 17.0 Å². The van der Waals surface area contributed by atoms with Crippen LogP contribution < -0.4 is 5.32 Å². The van der Waals surface area contributed by atoms with E-state index in [2.05, 4.69) is 29.1 Å². The molecule has 0 radical (unpaired) electrons. The van der Waals surface area contributed by atoms with Gasteiger partial charge in [-0.3, -0.25) is 0 Å².